The van der Waals surface area contributed by atoms with Crippen molar-refractivity contribution in [1.82, 2.24) is 5.32 Å². The zero-order valence-electron chi connectivity index (χ0n) is 15.0. The summed E-state index contributed by atoms with van der Waals surface area (Å²) in [7, 11) is 3.13. The zero-order valence-corrected chi connectivity index (χ0v) is 15.0. The Labute approximate surface area is 148 Å². The molecule has 2 rings (SSSR count). The number of nitrogens with one attached hydrogen (secondary N) is 2. The van der Waals surface area contributed by atoms with Gasteiger partial charge in [-0.15, -0.1) is 0 Å². The molecule has 0 aliphatic carbocycles. The standard InChI is InChI=1S/C19H24N2O4/c1-13-8-9-15(14(2)12-13)21-19(22)20-10-11-25-17-7-5-6-16(23-3)18(17)24-4/h5-9,12H,10-11H2,1-4H3,(H2,20,21,22). The summed E-state index contributed by atoms with van der Waals surface area (Å²) in [5, 5.41) is 5.59. The summed E-state index contributed by atoms with van der Waals surface area (Å²) < 4.78 is 16.2. The number of hydrogen-bond donors (Lipinski definition) is 2. The van der Waals surface area contributed by atoms with Crippen molar-refractivity contribution in [3.8, 4) is 17.2 Å². The van der Waals surface area contributed by atoms with Crippen molar-refractivity contribution >= 4 is 11.7 Å². The Morgan fingerprint density at radius 1 is 1.04 bits per heavy atom. The maximum absolute atomic E-state index is 12.0. The molecule has 134 valence electrons. The fourth-order valence-electron chi connectivity index (χ4n) is 2.42. The number of methoxy groups -OCH3 is 2. The van der Waals surface area contributed by atoms with Gasteiger partial charge in [-0.3, -0.25) is 0 Å². The zero-order chi connectivity index (χ0) is 18.2. The Kier molecular flexibility index (Phi) is 6.51. The minimum absolute atomic E-state index is 0.270. The molecule has 0 aromatic heterocycles. The number of amides is 2. The molecule has 0 saturated carbocycles. The van der Waals surface area contributed by atoms with E-state index in [1.807, 2.05) is 38.1 Å². The number of carbonyl (C=O) groups excluding carboxylic acids is 1. The SMILES string of the molecule is COc1cccc(OCCNC(=O)Nc2ccc(C)cc2C)c1OC. The molecule has 2 aromatic carbocycles. The van der Waals surface area contributed by atoms with Gasteiger partial charge < -0.3 is 24.8 Å². The second-order valence-electron chi connectivity index (χ2n) is 5.54. The Morgan fingerprint density at radius 3 is 2.48 bits per heavy atom. The van der Waals surface area contributed by atoms with Crippen LogP contribution in [0.4, 0.5) is 10.5 Å². The van der Waals surface area contributed by atoms with Crippen molar-refractivity contribution in [3.63, 3.8) is 0 Å². The molecule has 6 heteroatoms. The molecule has 0 fully saturated rings. The van der Waals surface area contributed by atoms with E-state index < -0.39 is 0 Å². The van der Waals surface area contributed by atoms with Crippen LogP contribution in [-0.4, -0.2) is 33.4 Å². The summed E-state index contributed by atoms with van der Waals surface area (Å²) in [5.41, 5.74) is 2.97. The number of aryl methyl sites for hydroxylation is 2. The maximum Gasteiger partial charge on any atom is 0.319 e. The van der Waals surface area contributed by atoms with Gasteiger partial charge in [0.05, 0.1) is 20.8 Å². The van der Waals surface area contributed by atoms with E-state index in [4.69, 9.17) is 14.2 Å². The van der Waals surface area contributed by atoms with Crippen LogP contribution in [0.15, 0.2) is 36.4 Å². The molecule has 0 aliphatic heterocycles. The fraction of sp³-hybridized carbons (Fsp3) is 0.316. The van der Waals surface area contributed by atoms with E-state index in [0.29, 0.717) is 30.4 Å². The van der Waals surface area contributed by atoms with E-state index in [1.54, 1.807) is 26.4 Å². The molecule has 2 amide bonds. The van der Waals surface area contributed by atoms with Crippen molar-refractivity contribution < 1.29 is 19.0 Å². The smallest absolute Gasteiger partial charge is 0.319 e. The number of carbonyl (C=O) groups is 1. The first-order chi connectivity index (χ1) is 12.0. The second-order valence-corrected chi connectivity index (χ2v) is 5.54. The van der Waals surface area contributed by atoms with Gasteiger partial charge in [-0.25, -0.2) is 4.79 Å². The topological polar surface area (TPSA) is 68.8 Å². The van der Waals surface area contributed by atoms with Crippen molar-refractivity contribution in [3.05, 3.63) is 47.5 Å². The van der Waals surface area contributed by atoms with E-state index in [-0.39, 0.29) is 6.03 Å². The summed E-state index contributed by atoms with van der Waals surface area (Å²) >= 11 is 0. The Bertz CT molecular complexity index is 731. The quantitative estimate of drug-likeness (QED) is 0.754. The van der Waals surface area contributed by atoms with E-state index >= 15 is 0 Å². The van der Waals surface area contributed by atoms with Crippen LogP contribution in [0.2, 0.25) is 0 Å². The van der Waals surface area contributed by atoms with Gasteiger partial charge in [-0.05, 0) is 37.6 Å². The van der Waals surface area contributed by atoms with Crippen LogP contribution < -0.4 is 24.8 Å². The lowest BCUT2D eigenvalue weighted by molar-refractivity contribution is 0.245. The monoisotopic (exact) mass is 344 g/mol. The Balaban J connectivity index is 1.82. The molecule has 25 heavy (non-hydrogen) atoms. The second kappa shape index (κ2) is 8.82. The highest BCUT2D eigenvalue weighted by molar-refractivity contribution is 5.90. The van der Waals surface area contributed by atoms with Crippen molar-refractivity contribution in [2.45, 2.75) is 13.8 Å². The lowest BCUT2D eigenvalue weighted by Crippen LogP contribution is -2.32. The lowest BCUT2D eigenvalue weighted by Gasteiger charge is -2.14. The third-order valence-electron chi connectivity index (χ3n) is 3.64. The number of anilines is 1. The molecule has 0 aliphatic rings. The number of ether oxygens (including phenoxy) is 3. The minimum atomic E-state index is -0.270. The Hall–Kier alpha value is -2.89. The summed E-state index contributed by atoms with van der Waals surface area (Å²) in [4.78, 5) is 12.0. The van der Waals surface area contributed by atoms with Gasteiger partial charge >= 0.3 is 6.03 Å². The molecule has 0 saturated heterocycles. The van der Waals surface area contributed by atoms with Gasteiger partial charge in [0.25, 0.3) is 0 Å². The lowest BCUT2D eigenvalue weighted by atomic mass is 10.1. The molecular weight excluding hydrogens is 320 g/mol. The summed E-state index contributed by atoms with van der Waals surface area (Å²) in [6.45, 7) is 4.64. The molecule has 6 nitrogen and oxygen atoms in total. The molecule has 2 N–H and O–H groups in total. The van der Waals surface area contributed by atoms with Crippen LogP contribution in [0.1, 0.15) is 11.1 Å². The van der Waals surface area contributed by atoms with Gasteiger partial charge in [0.2, 0.25) is 5.75 Å². The van der Waals surface area contributed by atoms with Crippen LogP contribution in [0.25, 0.3) is 0 Å². The normalized spacial score (nSPS) is 10.1. The molecule has 0 unspecified atom stereocenters. The molecule has 0 spiro atoms. The summed E-state index contributed by atoms with van der Waals surface area (Å²) in [6, 6.07) is 11.0. The van der Waals surface area contributed by atoms with E-state index in [9.17, 15) is 4.79 Å². The fourth-order valence-corrected chi connectivity index (χ4v) is 2.42. The van der Waals surface area contributed by atoms with Crippen LogP contribution in [-0.2, 0) is 0 Å². The van der Waals surface area contributed by atoms with E-state index in [1.165, 1.54) is 0 Å². The highest BCUT2D eigenvalue weighted by atomic mass is 16.5. The number of rotatable bonds is 7. The highest BCUT2D eigenvalue weighted by Gasteiger charge is 2.10. The third-order valence-corrected chi connectivity index (χ3v) is 3.64. The van der Waals surface area contributed by atoms with E-state index in [2.05, 4.69) is 10.6 Å². The number of hydrogen-bond acceptors (Lipinski definition) is 4. The molecule has 0 atom stereocenters. The first-order valence-electron chi connectivity index (χ1n) is 8.01. The predicted molar refractivity (Wildman–Crippen MR) is 98.0 cm³/mol. The number of urea groups is 1. The molecule has 0 radical (unpaired) electrons. The average molecular weight is 344 g/mol. The van der Waals surface area contributed by atoms with Gasteiger partial charge in [0.1, 0.15) is 6.61 Å². The predicted octanol–water partition coefficient (Wildman–Crippen LogP) is 3.52. The summed E-state index contributed by atoms with van der Waals surface area (Å²) in [6.07, 6.45) is 0. The first kappa shape index (κ1) is 18.4. The van der Waals surface area contributed by atoms with Gasteiger partial charge in [-0.1, -0.05) is 23.8 Å². The molecule has 0 bridgehead atoms. The van der Waals surface area contributed by atoms with Crippen molar-refractivity contribution in [2.75, 3.05) is 32.7 Å². The molecule has 0 heterocycles. The van der Waals surface area contributed by atoms with Crippen molar-refractivity contribution in [2.24, 2.45) is 0 Å². The minimum Gasteiger partial charge on any atom is -0.493 e. The largest absolute Gasteiger partial charge is 0.493 e. The molecule has 2 aromatic rings. The Morgan fingerprint density at radius 2 is 1.80 bits per heavy atom. The third kappa shape index (κ3) is 5.04. The van der Waals surface area contributed by atoms with Crippen LogP contribution in [0.5, 0.6) is 17.2 Å². The maximum atomic E-state index is 12.0. The number of para-hydroxylation sites is 1. The van der Waals surface area contributed by atoms with Crippen molar-refractivity contribution in [1.29, 1.82) is 0 Å². The van der Waals surface area contributed by atoms with Gasteiger partial charge in [0, 0.05) is 5.69 Å². The highest BCUT2D eigenvalue weighted by Crippen LogP contribution is 2.36. The van der Waals surface area contributed by atoms with E-state index in [0.717, 1.165) is 16.8 Å². The van der Waals surface area contributed by atoms with Crippen LogP contribution in [0.3, 0.4) is 0 Å². The molecular formula is C19H24N2O4. The van der Waals surface area contributed by atoms with Gasteiger partial charge in [0.15, 0.2) is 11.5 Å². The van der Waals surface area contributed by atoms with Gasteiger partial charge in [-0.2, -0.15) is 0 Å². The van der Waals surface area contributed by atoms with Crippen LogP contribution >= 0.6 is 0 Å². The first-order valence-corrected chi connectivity index (χ1v) is 8.01. The summed E-state index contributed by atoms with van der Waals surface area (Å²) in [5.74, 6) is 1.70. The number of benzene rings is 2. The van der Waals surface area contributed by atoms with Crippen LogP contribution in [0, 0.1) is 13.8 Å². The average Bonchev–Trinajstić information content (AvgIpc) is 2.60.